The second kappa shape index (κ2) is 17.1. The molecule has 0 radical (unpaired) electrons. The van der Waals surface area contributed by atoms with Crippen LogP contribution in [0.3, 0.4) is 0 Å². The predicted octanol–water partition coefficient (Wildman–Crippen LogP) is 5.03. The summed E-state index contributed by atoms with van der Waals surface area (Å²) in [6, 6.07) is 10.5. The van der Waals surface area contributed by atoms with Gasteiger partial charge < -0.3 is 10.1 Å². The van der Waals surface area contributed by atoms with E-state index in [1.54, 1.807) is 0 Å². The summed E-state index contributed by atoms with van der Waals surface area (Å²) in [5.74, 6) is 0. The van der Waals surface area contributed by atoms with Crippen molar-refractivity contribution in [3.63, 3.8) is 0 Å². The Morgan fingerprint density at radius 2 is 1.80 bits per heavy atom. The van der Waals surface area contributed by atoms with Gasteiger partial charge in [0.2, 0.25) is 0 Å². The molecule has 4 nitrogen and oxygen atoms in total. The second-order valence-electron chi connectivity index (χ2n) is 7.13. The Morgan fingerprint density at radius 3 is 2.43 bits per heavy atom. The molecule has 0 bridgehead atoms. The van der Waals surface area contributed by atoms with E-state index in [9.17, 15) is 0 Å². The van der Waals surface area contributed by atoms with E-state index in [-0.39, 0.29) is 0 Å². The maximum atomic E-state index is 8.87. The first-order valence-corrected chi connectivity index (χ1v) is 11.7. The number of hydrogen-bond acceptors (Lipinski definition) is 5. The largest absolute Gasteiger partial charge is 0.379 e. The molecule has 3 rings (SSSR count). The van der Waals surface area contributed by atoms with Gasteiger partial charge in [-0.05, 0) is 56.0 Å². The van der Waals surface area contributed by atoms with Crippen molar-refractivity contribution in [1.29, 1.82) is 5.26 Å². The van der Waals surface area contributed by atoms with E-state index in [2.05, 4.69) is 54.0 Å². The Balaban J connectivity index is 0.000000300. The molecule has 1 aromatic rings. The third-order valence-electron chi connectivity index (χ3n) is 4.93. The van der Waals surface area contributed by atoms with Gasteiger partial charge >= 0.3 is 0 Å². The fourth-order valence-corrected chi connectivity index (χ4v) is 3.40. The van der Waals surface area contributed by atoms with E-state index < -0.39 is 0 Å². The Bertz CT molecular complexity index is 671. The van der Waals surface area contributed by atoms with Crippen LogP contribution in [-0.4, -0.2) is 50.8 Å². The molecule has 1 N–H and O–H groups in total. The van der Waals surface area contributed by atoms with Gasteiger partial charge in [0, 0.05) is 36.6 Å². The molecule has 1 aliphatic heterocycles. The first-order valence-electron chi connectivity index (χ1n) is 11.3. The number of allylic oxidation sites excluding steroid dienone is 4. The molecule has 0 amide bonds. The molecule has 1 saturated heterocycles. The molecule has 0 saturated carbocycles. The van der Waals surface area contributed by atoms with Crippen LogP contribution in [-0.2, 0) is 11.2 Å². The third kappa shape index (κ3) is 11.6. The van der Waals surface area contributed by atoms with Crippen LogP contribution >= 0.6 is 12.6 Å². The van der Waals surface area contributed by atoms with Crippen molar-refractivity contribution in [2.24, 2.45) is 0 Å². The van der Waals surface area contributed by atoms with Crippen molar-refractivity contribution >= 4 is 12.6 Å². The Morgan fingerprint density at radius 1 is 1.10 bits per heavy atom. The Kier molecular flexibility index (Phi) is 15.1. The van der Waals surface area contributed by atoms with E-state index in [0.29, 0.717) is 0 Å². The number of nitrogens with one attached hydrogen (secondary N) is 1. The van der Waals surface area contributed by atoms with Gasteiger partial charge in [-0.15, -0.1) is 12.6 Å². The first-order chi connectivity index (χ1) is 14.7. The smallest absolute Gasteiger partial charge is 0.0947 e. The number of morpholine rings is 1. The molecule has 1 aliphatic carbocycles. The van der Waals surface area contributed by atoms with Gasteiger partial charge in [0.1, 0.15) is 0 Å². The van der Waals surface area contributed by atoms with Crippen molar-refractivity contribution in [3.8, 4) is 6.07 Å². The number of hydrogen-bond donors (Lipinski definition) is 2. The number of likely N-dealkylation sites (N-methyl/N-ethyl adjacent to an activating group) is 1. The molecule has 30 heavy (non-hydrogen) atoms. The average molecular weight is 430 g/mol. The molecule has 0 unspecified atom stereocenters. The van der Waals surface area contributed by atoms with E-state index in [1.165, 1.54) is 11.1 Å². The predicted molar refractivity (Wildman–Crippen MR) is 130 cm³/mol. The molecular formula is C25H39N3OS. The number of rotatable bonds is 6. The highest BCUT2D eigenvalue weighted by molar-refractivity contribution is 7.80. The Hall–Kier alpha value is -1.58. The molecule has 0 spiro atoms. The topological polar surface area (TPSA) is 48.3 Å². The van der Waals surface area contributed by atoms with Crippen molar-refractivity contribution in [1.82, 2.24) is 10.2 Å². The van der Waals surface area contributed by atoms with Gasteiger partial charge in [-0.25, -0.2) is 0 Å². The van der Waals surface area contributed by atoms with Gasteiger partial charge in [0.15, 0.2) is 0 Å². The maximum Gasteiger partial charge on any atom is 0.0947 e. The molecular weight excluding hydrogens is 390 g/mol. The van der Waals surface area contributed by atoms with E-state index >= 15 is 0 Å². The summed E-state index contributed by atoms with van der Waals surface area (Å²) in [4.78, 5) is 3.43. The van der Waals surface area contributed by atoms with Crippen LogP contribution < -0.4 is 5.32 Å². The minimum Gasteiger partial charge on any atom is -0.379 e. The van der Waals surface area contributed by atoms with Gasteiger partial charge in [-0.2, -0.15) is 5.26 Å². The SMILES string of the molecule is CC.CCNCCN1CCOCC1.N#CC1=CC=C(Cc2ccc(S)cc2)CCC1. The third-order valence-corrected chi connectivity index (χ3v) is 5.23. The summed E-state index contributed by atoms with van der Waals surface area (Å²) in [7, 11) is 0. The van der Waals surface area contributed by atoms with Crippen LogP contribution in [0.15, 0.2) is 52.5 Å². The number of nitriles is 1. The van der Waals surface area contributed by atoms with Gasteiger partial charge in [0.05, 0.1) is 19.3 Å². The van der Waals surface area contributed by atoms with E-state index in [1.807, 2.05) is 32.1 Å². The van der Waals surface area contributed by atoms with Crippen LogP contribution in [0.25, 0.3) is 0 Å². The lowest BCUT2D eigenvalue weighted by atomic mass is 10.0. The van der Waals surface area contributed by atoms with Crippen molar-refractivity contribution in [2.75, 3.05) is 45.9 Å². The number of nitrogens with zero attached hydrogens (tertiary/aromatic N) is 2. The van der Waals surface area contributed by atoms with E-state index in [0.717, 1.165) is 82.1 Å². The molecule has 166 valence electrons. The molecule has 0 atom stereocenters. The summed E-state index contributed by atoms with van der Waals surface area (Å²) in [6.07, 6.45) is 8.13. The summed E-state index contributed by atoms with van der Waals surface area (Å²) in [5.41, 5.74) is 3.61. The quantitative estimate of drug-likeness (QED) is 0.492. The zero-order valence-corrected chi connectivity index (χ0v) is 19.9. The van der Waals surface area contributed by atoms with Gasteiger partial charge in [-0.1, -0.05) is 44.6 Å². The maximum absolute atomic E-state index is 8.87. The molecule has 1 aromatic carbocycles. The van der Waals surface area contributed by atoms with Crippen molar-refractivity contribution in [3.05, 3.63) is 53.1 Å². The highest BCUT2D eigenvalue weighted by Crippen LogP contribution is 2.21. The minimum atomic E-state index is 0.894. The normalized spacial score (nSPS) is 16.5. The first kappa shape index (κ1) is 26.5. The lowest BCUT2D eigenvalue weighted by Gasteiger charge is -2.26. The number of benzene rings is 1. The molecule has 1 heterocycles. The molecule has 2 aliphatic rings. The molecule has 0 aromatic heterocycles. The van der Waals surface area contributed by atoms with Gasteiger partial charge in [-0.3, -0.25) is 4.90 Å². The summed E-state index contributed by atoms with van der Waals surface area (Å²) in [5, 5.41) is 12.2. The fraction of sp³-hybridized carbons (Fsp3) is 0.560. The summed E-state index contributed by atoms with van der Waals surface area (Å²) >= 11 is 4.28. The van der Waals surface area contributed by atoms with E-state index in [4.69, 9.17) is 10.00 Å². The highest BCUT2D eigenvalue weighted by Gasteiger charge is 2.08. The molecule has 1 fully saturated rings. The standard InChI is InChI=1S/C15H15NS.C8H18N2O.C2H6/c16-11-14-3-1-2-12(4-5-14)10-13-6-8-15(17)9-7-13;1-2-9-3-4-10-5-7-11-8-6-10;1-2/h4-9,17H,1-3,10H2;9H,2-8H2,1H3;1-2H3. The Labute approximate surface area is 189 Å². The average Bonchev–Trinajstić information content (AvgIpc) is 3.03. The summed E-state index contributed by atoms with van der Waals surface area (Å²) in [6.45, 7) is 13.5. The van der Waals surface area contributed by atoms with Crippen LogP contribution in [0, 0.1) is 11.3 Å². The molecule has 5 heteroatoms. The number of ether oxygens (including phenoxy) is 1. The van der Waals surface area contributed by atoms with Crippen molar-refractivity contribution in [2.45, 2.75) is 51.3 Å². The van der Waals surface area contributed by atoms with Crippen LogP contribution in [0.2, 0.25) is 0 Å². The minimum absolute atomic E-state index is 0.894. The summed E-state index contributed by atoms with van der Waals surface area (Å²) < 4.78 is 5.24. The fourth-order valence-electron chi connectivity index (χ4n) is 3.25. The lowest BCUT2D eigenvalue weighted by Crippen LogP contribution is -2.40. The lowest BCUT2D eigenvalue weighted by molar-refractivity contribution is 0.0385. The van der Waals surface area contributed by atoms with Crippen LogP contribution in [0.5, 0.6) is 0 Å². The second-order valence-corrected chi connectivity index (χ2v) is 7.65. The zero-order valence-electron chi connectivity index (χ0n) is 19.0. The highest BCUT2D eigenvalue weighted by atomic mass is 32.1. The van der Waals surface area contributed by atoms with Gasteiger partial charge in [0.25, 0.3) is 0 Å². The monoisotopic (exact) mass is 429 g/mol. The van der Waals surface area contributed by atoms with Crippen molar-refractivity contribution < 1.29 is 4.74 Å². The van der Waals surface area contributed by atoms with Crippen LogP contribution in [0.1, 0.15) is 45.6 Å². The zero-order chi connectivity index (χ0) is 22.0. The van der Waals surface area contributed by atoms with Crippen LogP contribution in [0.4, 0.5) is 0 Å². The number of thiol groups is 1.